The van der Waals surface area contributed by atoms with Gasteiger partial charge < -0.3 is 14.8 Å². The number of hydrazone groups is 1. The lowest BCUT2D eigenvalue weighted by molar-refractivity contribution is -0.124. The molecule has 0 atom stereocenters. The minimum Gasteiger partial charge on any atom is -0.497 e. The fourth-order valence-electron chi connectivity index (χ4n) is 2.75. The Balaban J connectivity index is 1.36. The lowest BCUT2D eigenvalue weighted by Crippen LogP contribution is -2.20. The van der Waals surface area contributed by atoms with E-state index in [1.807, 2.05) is 54.6 Å². The molecule has 0 aliphatic rings. The fourth-order valence-corrected chi connectivity index (χ4v) is 2.75. The standard InChI is InChI=1S/C25H25N3O4/c1-31-22-13-9-21(10-14-22)27-24(29)15-16-25(30)28-26-17-19-7-11-23(12-8-19)32-18-20-5-3-2-4-6-20/h2-14,17H,15-16,18H2,1H3,(H,27,29)(H,28,30). The monoisotopic (exact) mass is 431 g/mol. The van der Waals surface area contributed by atoms with Gasteiger partial charge in [0.1, 0.15) is 18.1 Å². The molecule has 3 rings (SSSR count). The van der Waals surface area contributed by atoms with Crippen molar-refractivity contribution < 1.29 is 19.1 Å². The van der Waals surface area contributed by atoms with Crippen LogP contribution in [0.2, 0.25) is 0 Å². The summed E-state index contributed by atoms with van der Waals surface area (Å²) in [5.74, 6) is 0.863. The maximum absolute atomic E-state index is 12.0. The molecule has 0 unspecified atom stereocenters. The van der Waals surface area contributed by atoms with Crippen LogP contribution in [0.15, 0.2) is 84.0 Å². The molecule has 0 bridgehead atoms. The molecule has 164 valence electrons. The van der Waals surface area contributed by atoms with Gasteiger partial charge in [-0.2, -0.15) is 5.10 Å². The van der Waals surface area contributed by atoms with Crippen molar-refractivity contribution in [3.05, 3.63) is 90.0 Å². The normalized spacial score (nSPS) is 10.5. The summed E-state index contributed by atoms with van der Waals surface area (Å²) >= 11 is 0. The molecule has 0 heterocycles. The second-order valence-corrected chi connectivity index (χ2v) is 6.91. The van der Waals surface area contributed by atoms with Crippen molar-refractivity contribution in [1.82, 2.24) is 5.43 Å². The first-order chi connectivity index (χ1) is 15.6. The molecule has 0 radical (unpaired) electrons. The molecule has 2 amide bonds. The number of amides is 2. The van der Waals surface area contributed by atoms with Gasteiger partial charge in [-0.3, -0.25) is 9.59 Å². The smallest absolute Gasteiger partial charge is 0.240 e. The highest BCUT2D eigenvalue weighted by Gasteiger charge is 2.07. The van der Waals surface area contributed by atoms with Crippen molar-refractivity contribution in [2.75, 3.05) is 12.4 Å². The van der Waals surface area contributed by atoms with Crippen molar-refractivity contribution in [3.63, 3.8) is 0 Å². The van der Waals surface area contributed by atoms with Crippen LogP contribution in [0.1, 0.15) is 24.0 Å². The lowest BCUT2D eigenvalue weighted by atomic mass is 10.2. The van der Waals surface area contributed by atoms with Gasteiger partial charge in [-0.1, -0.05) is 30.3 Å². The predicted molar refractivity (Wildman–Crippen MR) is 124 cm³/mol. The van der Waals surface area contributed by atoms with E-state index < -0.39 is 0 Å². The van der Waals surface area contributed by atoms with Crippen LogP contribution in [-0.4, -0.2) is 25.1 Å². The Morgan fingerprint density at radius 2 is 1.50 bits per heavy atom. The molecule has 0 aliphatic heterocycles. The van der Waals surface area contributed by atoms with Crippen LogP contribution >= 0.6 is 0 Å². The Morgan fingerprint density at radius 3 is 2.19 bits per heavy atom. The van der Waals surface area contributed by atoms with E-state index in [9.17, 15) is 9.59 Å². The van der Waals surface area contributed by atoms with Gasteiger partial charge in [0.2, 0.25) is 11.8 Å². The van der Waals surface area contributed by atoms with Crippen LogP contribution in [-0.2, 0) is 16.2 Å². The second kappa shape index (κ2) is 11.9. The van der Waals surface area contributed by atoms with Crippen LogP contribution in [0.4, 0.5) is 5.69 Å². The van der Waals surface area contributed by atoms with Crippen molar-refractivity contribution in [2.24, 2.45) is 5.10 Å². The van der Waals surface area contributed by atoms with E-state index in [1.54, 1.807) is 31.4 Å². The number of nitrogens with zero attached hydrogens (tertiary/aromatic N) is 1. The fraction of sp³-hybridized carbons (Fsp3) is 0.160. The summed E-state index contributed by atoms with van der Waals surface area (Å²) in [7, 11) is 1.57. The third kappa shape index (κ3) is 7.60. The van der Waals surface area contributed by atoms with Gasteiger partial charge in [0.15, 0.2) is 0 Å². The van der Waals surface area contributed by atoms with Gasteiger partial charge in [-0.05, 0) is 59.7 Å². The molecular formula is C25H25N3O4. The van der Waals surface area contributed by atoms with Gasteiger partial charge in [-0.25, -0.2) is 5.43 Å². The first-order valence-electron chi connectivity index (χ1n) is 10.1. The van der Waals surface area contributed by atoms with E-state index in [0.29, 0.717) is 18.0 Å². The van der Waals surface area contributed by atoms with E-state index in [1.165, 1.54) is 6.21 Å². The molecule has 7 heteroatoms. The molecule has 0 saturated heterocycles. The van der Waals surface area contributed by atoms with Crippen molar-refractivity contribution >= 4 is 23.7 Å². The zero-order valence-corrected chi connectivity index (χ0v) is 17.8. The number of nitrogens with one attached hydrogen (secondary N) is 2. The number of methoxy groups -OCH3 is 1. The number of ether oxygens (including phenoxy) is 2. The third-order valence-electron chi connectivity index (χ3n) is 4.48. The van der Waals surface area contributed by atoms with Gasteiger partial charge in [-0.15, -0.1) is 0 Å². The minimum atomic E-state index is -0.339. The maximum Gasteiger partial charge on any atom is 0.240 e. The first kappa shape index (κ1) is 22.6. The summed E-state index contributed by atoms with van der Waals surface area (Å²) in [5.41, 5.74) is 4.98. The predicted octanol–water partition coefficient (Wildman–Crippen LogP) is 4.14. The van der Waals surface area contributed by atoms with Crippen LogP contribution in [0, 0.1) is 0 Å². The number of carbonyl (C=O) groups is 2. The van der Waals surface area contributed by atoms with E-state index in [2.05, 4.69) is 15.8 Å². The second-order valence-electron chi connectivity index (χ2n) is 6.91. The van der Waals surface area contributed by atoms with Crippen molar-refractivity contribution in [1.29, 1.82) is 0 Å². The highest BCUT2D eigenvalue weighted by atomic mass is 16.5. The van der Waals surface area contributed by atoms with Crippen molar-refractivity contribution in [2.45, 2.75) is 19.4 Å². The quantitative estimate of drug-likeness (QED) is 0.373. The molecular weight excluding hydrogens is 406 g/mol. The number of rotatable bonds is 10. The lowest BCUT2D eigenvalue weighted by Gasteiger charge is -2.06. The summed E-state index contributed by atoms with van der Waals surface area (Å²) in [6.45, 7) is 0.496. The van der Waals surface area contributed by atoms with E-state index in [0.717, 1.165) is 16.9 Å². The average Bonchev–Trinajstić information content (AvgIpc) is 2.83. The van der Waals surface area contributed by atoms with Gasteiger partial charge in [0.25, 0.3) is 0 Å². The highest BCUT2D eigenvalue weighted by molar-refractivity contribution is 5.93. The Morgan fingerprint density at radius 1 is 0.844 bits per heavy atom. The highest BCUT2D eigenvalue weighted by Crippen LogP contribution is 2.15. The SMILES string of the molecule is COc1ccc(NC(=O)CCC(=O)NN=Cc2ccc(OCc3ccccc3)cc2)cc1. The largest absolute Gasteiger partial charge is 0.497 e. The molecule has 0 saturated carbocycles. The van der Waals surface area contributed by atoms with Crippen LogP contribution in [0.25, 0.3) is 0 Å². The molecule has 0 aromatic heterocycles. The molecule has 2 N–H and O–H groups in total. The summed E-state index contributed by atoms with van der Waals surface area (Å²) in [4.78, 5) is 23.9. The molecule has 7 nitrogen and oxygen atoms in total. The zero-order chi connectivity index (χ0) is 22.6. The summed E-state index contributed by atoms with van der Waals surface area (Å²) in [6, 6.07) is 24.3. The summed E-state index contributed by atoms with van der Waals surface area (Å²) < 4.78 is 10.8. The van der Waals surface area contributed by atoms with Gasteiger partial charge in [0.05, 0.1) is 13.3 Å². The maximum atomic E-state index is 12.0. The third-order valence-corrected chi connectivity index (χ3v) is 4.48. The van der Waals surface area contributed by atoms with Crippen molar-refractivity contribution in [3.8, 4) is 11.5 Å². The number of hydrogen-bond donors (Lipinski definition) is 2. The number of carbonyl (C=O) groups excluding carboxylic acids is 2. The van der Waals surface area contributed by atoms with Crippen LogP contribution < -0.4 is 20.2 Å². The van der Waals surface area contributed by atoms with E-state index in [-0.39, 0.29) is 24.7 Å². The minimum absolute atomic E-state index is 0.0333. The zero-order valence-electron chi connectivity index (χ0n) is 17.8. The molecule has 3 aromatic rings. The number of benzene rings is 3. The van der Waals surface area contributed by atoms with Crippen LogP contribution in [0.5, 0.6) is 11.5 Å². The first-order valence-corrected chi connectivity index (χ1v) is 10.1. The Hall–Kier alpha value is -4.13. The van der Waals surface area contributed by atoms with E-state index >= 15 is 0 Å². The number of hydrogen-bond acceptors (Lipinski definition) is 5. The van der Waals surface area contributed by atoms with Gasteiger partial charge in [0, 0.05) is 18.5 Å². The molecule has 32 heavy (non-hydrogen) atoms. The Labute approximate surface area is 187 Å². The average molecular weight is 431 g/mol. The number of anilines is 1. The van der Waals surface area contributed by atoms with Gasteiger partial charge >= 0.3 is 0 Å². The summed E-state index contributed by atoms with van der Waals surface area (Å²) in [5, 5.41) is 6.67. The topological polar surface area (TPSA) is 89.0 Å². The van der Waals surface area contributed by atoms with Crippen LogP contribution in [0.3, 0.4) is 0 Å². The van der Waals surface area contributed by atoms with E-state index in [4.69, 9.17) is 9.47 Å². The Bertz CT molecular complexity index is 1030. The summed E-state index contributed by atoms with van der Waals surface area (Å²) in [6.07, 6.45) is 1.63. The Kier molecular flexibility index (Phi) is 8.39. The molecule has 0 fully saturated rings. The molecule has 0 aliphatic carbocycles. The molecule has 0 spiro atoms. The molecule has 3 aromatic carbocycles.